The van der Waals surface area contributed by atoms with Gasteiger partial charge in [-0.3, -0.25) is 0 Å². The quantitative estimate of drug-likeness (QED) is 0.403. The summed E-state index contributed by atoms with van der Waals surface area (Å²) in [6.45, 7) is 6.64. The Kier molecular flexibility index (Phi) is 7.48. The highest BCUT2D eigenvalue weighted by atomic mass is 19.4. The van der Waals surface area contributed by atoms with Crippen LogP contribution in [0.3, 0.4) is 0 Å². The van der Waals surface area contributed by atoms with E-state index < -0.39 is 34.3 Å². The molecule has 0 N–H and O–H groups in total. The summed E-state index contributed by atoms with van der Waals surface area (Å²) in [7, 11) is 0. The molecule has 2 aromatic rings. The molecule has 0 saturated carbocycles. The first-order valence-electron chi connectivity index (χ1n) is 8.77. The van der Waals surface area contributed by atoms with Crippen LogP contribution < -0.4 is 0 Å². The highest BCUT2D eigenvalue weighted by molar-refractivity contribution is 5.67. The number of rotatable bonds is 3. The second-order valence-corrected chi connectivity index (χ2v) is 7.73. The third-order valence-corrected chi connectivity index (χ3v) is 4.46. The van der Waals surface area contributed by atoms with E-state index in [2.05, 4.69) is 0 Å². The molecule has 0 aliphatic rings. The lowest BCUT2D eigenvalue weighted by Gasteiger charge is -2.17. The first kappa shape index (κ1) is 25.2. The normalized spacial score (nSPS) is 12.4. The van der Waals surface area contributed by atoms with Crippen molar-refractivity contribution in [2.45, 2.75) is 50.9 Å². The fourth-order valence-corrected chi connectivity index (χ4v) is 2.30. The SMILES string of the molecule is CC(C)(C#N)c1ccc(C(F)(F)F)cc1.CC(C)(C=O)c1ccc(C(F)(F)F)cc1. The molecule has 0 aliphatic heterocycles. The summed E-state index contributed by atoms with van der Waals surface area (Å²) in [4.78, 5) is 10.7. The topological polar surface area (TPSA) is 40.9 Å². The highest BCUT2D eigenvalue weighted by Crippen LogP contribution is 2.32. The van der Waals surface area contributed by atoms with Gasteiger partial charge in [-0.2, -0.15) is 31.6 Å². The Bertz CT molecular complexity index is 886. The van der Waals surface area contributed by atoms with Gasteiger partial charge in [-0.15, -0.1) is 0 Å². The van der Waals surface area contributed by atoms with Crippen molar-refractivity contribution in [3.63, 3.8) is 0 Å². The molecule has 2 nitrogen and oxygen atoms in total. The van der Waals surface area contributed by atoms with Gasteiger partial charge in [0.1, 0.15) is 6.29 Å². The van der Waals surface area contributed by atoms with E-state index in [0.717, 1.165) is 30.6 Å². The first-order valence-corrected chi connectivity index (χ1v) is 8.77. The number of hydrogen-bond donors (Lipinski definition) is 0. The van der Waals surface area contributed by atoms with Crippen molar-refractivity contribution in [2.75, 3.05) is 0 Å². The van der Waals surface area contributed by atoms with Crippen molar-refractivity contribution in [3.05, 3.63) is 70.8 Å². The standard InChI is InChI=1S/C11H10F3N.C11H11F3O/c2*1-10(2,7-15)8-3-5-9(6-4-8)11(12,13)14/h3-6H,1-2H3;3-7H,1-2H3. The average Bonchev–Trinajstić information content (AvgIpc) is 2.67. The Balaban J connectivity index is 0.000000300. The number of carbonyl (C=O) groups is 1. The molecule has 0 radical (unpaired) electrons. The van der Waals surface area contributed by atoms with Crippen LogP contribution in [0.15, 0.2) is 48.5 Å². The Morgan fingerprint density at radius 3 is 1.23 bits per heavy atom. The minimum Gasteiger partial charge on any atom is -0.302 e. The van der Waals surface area contributed by atoms with Gasteiger partial charge in [0.2, 0.25) is 0 Å². The maximum absolute atomic E-state index is 12.2. The predicted molar refractivity (Wildman–Crippen MR) is 101 cm³/mol. The summed E-state index contributed by atoms with van der Waals surface area (Å²) in [5.74, 6) is 0. The van der Waals surface area contributed by atoms with Crippen LogP contribution in [0.2, 0.25) is 0 Å². The Labute approximate surface area is 171 Å². The number of aldehydes is 1. The van der Waals surface area contributed by atoms with Crippen molar-refractivity contribution in [3.8, 4) is 6.07 Å². The lowest BCUT2D eigenvalue weighted by molar-refractivity contribution is -0.138. The molecule has 0 heterocycles. The van der Waals surface area contributed by atoms with Crippen molar-refractivity contribution in [1.82, 2.24) is 0 Å². The van der Waals surface area contributed by atoms with Gasteiger partial charge in [0.05, 0.1) is 22.6 Å². The number of nitrogens with zero attached hydrogens (tertiary/aromatic N) is 1. The Morgan fingerprint density at radius 2 is 0.967 bits per heavy atom. The van der Waals surface area contributed by atoms with E-state index in [4.69, 9.17) is 5.26 Å². The van der Waals surface area contributed by atoms with Crippen LogP contribution in [0.25, 0.3) is 0 Å². The zero-order valence-electron chi connectivity index (χ0n) is 16.8. The maximum atomic E-state index is 12.2. The number of alkyl halides is 6. The van der Waals surface area contributed by atoms with Crippen molar-refractivity contribution in [1.29, 1.82) is 5.26 Å². The summed E-state index contributed by atoms with van der Waals surface area (Å²) in [6, 6.07) is 11.3. The van der Waals surface area contributed by atoms with Crippen LogP contribution in [0, 0.1) is 11.3 Å². The van der Waals surface area contributed by atoms with E-state index in [9.17, 15) is 31.1 Å². The Hall–Kier alpha value is -2.82. The van der Waals surface area contributed by atoms with Crippen LogP contribution in [-0.4, -0.2) is 6.29 Å². The molecule has 0 unspecified atom stereocenters. The lowest BCUT2D eigenvalue weighted by Crippen LogP contribution is -2.18. The van der Waals surface area contributed by atoms with Crippen molar-refractivity contribution >= 4 is 6.29 Å². The number of nitriles is 1. The van der Waals surface area contributed by atoms with E-state index in [1.807, 2.05) is 6.07 Å². The molecule has 30 heavy (non-hydrogen) atoms. The van der Waals surface area contributed by atoms with Crippen LogP contribution in [0.4, 0.5) is 26.3 Å². The molecule has 2 rings (SSSR count). The van der Waals surface area contributed by atoms with Gasteiger partial charge in [0.25, 0.3) is 0 Å². The van der Waals surface area contributed by atoms with Crippen LogP contribution in [0.5, 0.6) is 0 Å². The van der Waals surface area contributed by atoms with Crippen LogP contribution in [0.1, 0.15) is 49.9 Å². The third kappa shape index (κ3) is 6.61. The van der Waals surface area contributed by atoms with E-state index >= 15 is 0 Å². The monoisotopic (exact) mass is 429 g/mol. The van der Waals surface area contributed by atoms with Gasteiger partial charge in [-0.05, 0) is 63.1 Å². The van der Waals surface area contributed by atoms with Gasteiger partial charge >= 0.3 is 12.4 Å². The van der Waals surface area contributed by atoms with Gasteiger partial charge < -0.3 is 4.79 Å². The molecular weight excluding hydrogens is 408 g/mol. The molecular formula is C22H21F6NO. The number of halogens is 6. The predicted octanol–water partition coefficient (Wildman–Crippen LogP) is 6.69. The number of benzene rings is 2. The molecule has 0 saturated heterocycles. The smallest absolute Gasteiger partial charge is 0.302 e. The Morgan fingerprint density at radius 1 is 0.667 bits per heavy atom. The maximum Gasteiger partial charge on any atom is 0.416 e. The first-order chi connectivity index (χ1) is 13.5. The van der Waals surface area contributed by atoms with Crippen LogP contribution >= 0.6 is 0 Å². The molecule has 0 fully saturated rings. The molecule has 0 spiro atoms. The third-order valence-electron chi connectivity index (χ3n) is 4.46. The van der Waals surface area contributed by atoms with Gasteiger partial charge in [-0.1, -0.05) is 24.3 Å². The zero-order chi connectivity index (χ0) is 23.4. The number of carbonyl (C=O) groups excluding carboxylic acids is 1. The molecule has 0 amide bonds. The lowest BCUT2D eigenvalue weighted by atomic mass is 9.86. The van der Waals surface area contributed by atoms with E-state index in [1.165, 1.54) is 24.3 Å². The van der Waals surface area contributed by atoms with Crippen LogP contribution in [-0.2, 0) is 28.0 Å². The summed E-state index contributed by atoms with van der Waals surface area (Å²) in [5, 5.41) is 8.80. The van der Waals surface area contributed by atoms with E-state index in [1.54, 1.807) is 27.7 Å². The fourth-order valence-electron chi connectivity index (χ4n) is 2.30. The van der Waals surface area contributed by atoms with E-state index in [-0.39, 0.29) is 0 Å². The summed E-state index contributed by atoms with van der Waals surface area (Å²) < 4.78 is 73.4. The largest absolute Gasteiger partial charge is 0.416 e. The molecule has 8 heteroatoms. The summed E-state index contributed by atoms with van der Waals surface area (Å²) in [6.07, 6.45) is -7.94. The second kappa shape index (κ2) is 8.90. The minimum absolute atomic E-state index is 0.575. The summed E-state index contributed by atoms with van der Waals surface area (Å²) in [5.41, 5.74) is -1.75. The van der Waals surface area contributed by atoms with Crippen molar-refractivity contribution < 1.29 is 31.1 Å². The fraction of sp³-hybridized carbons (Fsp3) is 0.364. The van der Waals surface area contributed by atoms with Crippen molar-refractivity contribution in [2.24, 2.45) is 0 Å². The molecule has 2 aromatic carbocycles. The molecule has 0 aromatic heterocycles. The average molecular weight is 429 g/mol. The second-order valence-electron chi connectivity index (χ2n) is 7.73. The van der Waals surface area contributed by atoms with Gasteiger partial charge in [0.15, 0.2) is 0 Å². The molecule has 0 bridgehead atoms. The van der Waals surface area contributed by atoms with Gasteiger partial charge in [-0.25, -0.2) is 0 Å². The minimum atomic E-state index is -4.33. The van der Waals surface area contributed by atoms with E-state index in [0.29, 0.717) is 11.1 Å². The number of hydrogen-bond acceptors (Lipinski definition) is 2. The molecule has 0 atom stereocenters. The highest BCUT2D eigenvalue weighted by Gasteiger charge is 2.31. The molecule has 0 aliphatic carbocycles. The summed E-state index contributed by atoms with van der Waals surface area (Å²) >= 11 is 0. The molecule has 162 valence electrons. The van der Waals surface area contributed by atoms with Gasteiger partial charge in [0, 0.05) is 5.41 Å². The zero-order valence-corrected chi connectivity index (χ0v) is 16.8.